The van der Waals surface area contributed by atoms with Crippen molar-refractivity contribution in [2.24, 2.45) is 0 Å². The average molecular weight is 354 g/mol. The van der Waals surface area contributed by atoms with E-state index in [1.807, 2.05) is 17.5 Å². The Hall–Kier alpha value is -3.40. The molecule has 0 fully saturated rings. The van der Waals surface area contributed by atoms with Gasteiger partial charge in [0.2, 0.25) is 0 Å². The molecule has 3 heterocycles. The molecule has 0 aliphatic heterocycles. The van der Waals surface area contributed by atoms with Crippen molar-refractivity contribution in [2.45, 2.75) is 6.61 Å². The Morgan fingerprint density at radius 1 is 1.20 bits per heavy atom. The molecule has 0 aliphatic carbocycles. The van der Waals surface area contributed by atoms with Gasteiger partial charge in [-0.2, -0.15) is 0 Å². The molecule has 124 valence electrons. The van der Waals surface area contributed by atoms with Crippen LogP contribution in [0.2, 0.25) is 0 Å². The molecule has 10 heteroatoms. The van der Waals surface area contributed by atoms with Crippen LogP contribution in [0.15, 0.2) is 52.5 Å². The van der Waals surface area contributed by atoms with Gasteiger partial charge >= 0.3 is 5.97 Å². The zero-order valence-corrected chi connectivity index (χ0v) is 13.5. The minimum atomic E-state index is -0.487. The first-order chi connectivity index (χ1) is 12.3. The highest BCUT2D eigenvalue weighted by Crippen LogP contribution is 2.23. The average Bonchev–Trinajstić information content (AvgIpc) is 3.42. The maximum atomic E-state index is 12.1. The molecule has 9 nitrogen and oxygen atoms in total. The van der Waals surface area contributed by atoms with Crippen LogP contribution in [0, 0.1) is 0 Å². The number of ether oxygens (including phenoxy) is 1. The van der Waals surface area contributed by atoms with Crippen molar-refractivity contribution in [3.63, 3.8) is 0 Å². The second-order valence-electron chi connectivity index (χ2n) is 4.86. The summed E-state index contributed by atoms with van der Waals surface area (Å²) in [6.45, 7) is -0.0913. The first-order valence-electron chi connectivity index (χ1n) is 7.16. The maximum absolute atomic E-state index is 12.1. The summed E-state index contributed by atoms with van der Waals surface area (Å²) in [5, 5.41) is 20.6. The molecule has 1 aromatic carbocycles. The molecule has 25 heavy (non-hydrogen) atoms. The van der Waals surface area contributed by atoms with E-state index in [2.05, 4.69) is 25.7 Å². The highest BCUT2D eigenvalue weighted by atomic mass is 32.1. The lowest BCUT2D eigenvalue weighted by Crippen LogP contribution is -2.06. The zero-order chi connectivity index (χ0) is 17.1. The van der Waals surface area contributed by atoms with Crippen LogP contribution in [0.25, 0.3) is 16.5 Å². The van der Waals surface area contributed by atoms with Gasteiger partial charge in [-0.3, -0.25) is 0 Å². The van der Waals surface area contributed by atoms with Gasteiger partial charge in [0, 0.05) is 0 Å². The fourth-order valence-corrected chi connectivity index (χ4v) is 2.70. The standard InChI is InChI=1S/C15H10N6O3S/c22-15(10-3-5-11(6-4-10)21-9-16-19-20-21)23-8-13-17-18-14(24-13)12-2-1-7-25-12/h1-7,9H,8H2. The predicted octanol–water partition coefficient (Wildman–Crippen LogP) is 2.13. The maximum Gasteiger partial charge on any atom is 0.338 e. The van der Waals surface area contributed by atoms with Gasteiger partial charge in [-0.05, 0) is 46.1 Å². The smallest absolute Gasteiger partial charge is 0.338 e. The Labute approximate surface area is 144 Å². The number of carbonyl (C=O) groups excluding carboxylic acids is 1. The second-order valence-corrected chi connectivity index (χ2v) is 5.80. The summed E-state index contributed by atoms with van der Waals surface area (Å²) in [6, 6.07) is 10.5. The van der Waals surface area contributed by atoms with E-state index >= 15 is 0 Å². The molecule has 0 unspecified atom stereocenters. The normalized spacial score (nSPS) is 10.7. The zero-order valence-electron chi connectivity index (χ0n) is 12.6. The van der Waals surface area contributed by atoms with E-state index in [9.17, 15) is 4.79 Å². The number of benzene rings is 1. The molecule has 0 atom stereocenters. The summed E-state index contributed by atoms with van der Waals surface area (Å²) in [6.07, 6.45) is 1.47. The largest absolute Gasteiger partial charge is 0.452 e. The molecule has 4 rings (SSSR count). The van der Waals surface area contributed by atoms with Gasteiger partial charge in [-0.15, -0.1) is 26.6 Å². The van der Waals surface area contributed by atoms with Crippen molar-refractivity contribution in [3.05, 3.63) is 59.6 Å². The Kier molecular flexibility index (Phi) is 4.01. The number of rotatable bonds is 5. The van der Waals surface area contributed by atoms with Crippen LogP contribution in [0.4, 0.5) is 0 Å². The van der Waals surface area contributed by atoms with Crippen LogP contribution < -0.4 is 0 Å². The number of hydrogen-bond acceptors (Lipinski definition) is 9. The molecule has 0 radical (unpaired) electrons. The Balaban J connectivity index is 1.39. The van der Waals surface area contributed by atoms with Crippen LogP contribution in [0.5, 0.6) is 0 Å². The topological polar surface area (TPSA) is 109 Å². The first-order valence-corrected chi connectivity index (χ1v) is 8.04. The molecule has 0 bridgehead atoms. The van der Waals surface area contributed by atoms with Gasteiger partial charge in [0.25, 0.3) is 11.8 Å². The number of tetrazole rings is 1. The fraction of sp³-hybridized carbons (Fsp3) is 0.0667. The van der Waals surface area contributed by atoms with Crippen LogP contribution in [0.1, 0.15) is 16.2 Å². The van der Waals surface area contributed by atoms with Crippen LogP contribution >= 0.6 is 11.3 Å². The van der Waals surface area contributed by atoms with Crippen molar-refractivity contribution >= 4 is 17.3 Å². The van der Waals surface area contributed by atoms with Crippen molar-refractivity contribution < 1.29 is 13.9 Å². The molecule has 4 aromatic rings. The lowest BCUT2D eigenvalue weighted by atomic mass is 10.2. The van der Waals surface area contributed by atoms with Crippen molar-refractivity contribution in [2.75, 3.05) is 0 Å². The van der Waals surface area contributed by atoms with Gasteiger partial charge < -0.3 is 9.15 Å². The van der Waals surface area contributed by atoms with E-state index in [0.29, 0.717) is 11.5 Å². The lowest BCUT2D eigenvalue weighted by molar-refractivity contribution is 0.0438. The minimum absolute atomic E-state index is 0.0913. The summed E-state index contributed by atoms with van der Waals surface area (Å²) in [5.41, 5.74) is 1.13. The van der Waals surface area contributed by atoms with E-state index in [-0.39, 0.29) is 12.5 Å². The summed E-state index contributed by atoms with van der Waals surface area (Å²) in [7, 11) is 0. The Morgan fingerprint density at radius 3 is 2.80 bits per heavy atom. The minimum Gasteiger partial charge on any atom is -0.452 e. The highest BCUT2D eigenvalue weighted by molar-refractivity contribution is 7.13. The van der Waals surface area contributed by atoms with Gasteiger partial charge in [0.1, 0.15) is 6.33 Å². The van der Waals surface area contributed by atoms with E-state index in [1.54, 1.807) is 24.3 Å². The Bertz CT molecular complexity index is 963. The number of nitrogens with zero attached hydrogens (tertiary/aromatic N) is 6. The molecular formula is C15H10N6O3S. The van der Waals surface area contributed by atoms with E-state index in [1.165, 1.54) is 22.3 Å². The summed E-state index contributed by atoms with van der Waals surface area (Å²) >= 11 is 1.49. The number of hydrogen-bond donors (Lipinski definition) is 0. The SMILES string of the molecule is O=C(OCc1nnc(-c2cccs2)o1)c1ccc(-n2cnnn2)cc1. The number of carbonyl (C=O) groups is 1. The van der Waals surface area contributed by atoms with Crippen molar-refractivity contribution in [1.29, 1.82) is 0 Å². The number of thiophene rings is 1. The molecule has 0 N–H and O–H groups in total. The molecule has 0 aliphatic rings. The third-order valence-corrected chi connectivity index (χ3v) is 4.10. The van der Waals surface area contributed by atoms with Crippen molar-refractivity contribution in [1.82, 2.24) is 30.4 Å². The quantitative estimate of drug-likeness (QED) is 0.501. The summed E-state index contributed by atoms with van der Waals surface area (Å²) in [4.78, 5) is 13.0. The number of esters is 1. The monoisotopic (exact) mass is 354 g/mol. The van der Waals surface area contributed by atoms with Crippen LogP contribution in [-0.4, -0.2) is 36.4 Å². The van der Waals surface area contributed by atoms with E-state index in [0.717, 1.165) is 10.6 Å². The second kappa shape index (κ2) is 6.61. The Morgan fingerprint density at radius 2 is 2.08 bits per heavy atom. The highest BCUT2D eigenvalue weighted by Gasteiger charge is 2.13. The third kappa shape index (κ3) is 3.28. The predicted molar refractivity (Wildman–Crippen MR) is 85.9 cm³/mol. The first kappa shape index (κ1) is 15.1. The molecule has 0 amide bonds. The van der Waals surface area contributed by atoms with Crippen LogP contribution in [0.3, 0.4) is 0 Å². The van der Waals surface area contributed by atoms with Crippen molar-refractivity contribution in [3.8, 4) is 16.5 Å². The molecular weight excluding hydrogens is 344 g/mol. The molecule has 0 spiro atoms. The van der Waals surface area contributed by atoms with E-state index in [4.69, 9.17) is 9.15 Å². The molecule has 3 aromatic heterocycles. The molecule has 0 saturated heterocycles. The van der Waals surface area contributed by atoms with Gasteiger partial charge in [-0.25, -0.2) is 9.48 Å². The van der Waals surface area contributed by atoms with Gasteiger partial charge in [-0.1, -0.05) is 6.07 Å². The lowest BCUT2D eigenvalue weighted by Gasteiger charge is -2.03. The van der Waals surface area contributed by atoms with E-state index < -0.39 is 5.97 Å². The van der Waals surface area contributed by atoms with Gasteiger partial charge in [0.15, 0.2) is 6.61 Å². The fourth-order valence-electron chi connectivity index (χ4n) is 2.05. The summed E-state index contributed by atoms with van der Waals surface area (Å²) < 4.78 is 12.2. The van der Waals surface area contributed by atoms with Crippen LogP contribution in [-0.2, 0) is 11.3 Å². The third-order valence-electron chi connectivity index (χ3n) is 3.24. The molecule has 0 saturated carbocycles. The van der Waals surface area contributed by atoms with Gasteiger partial charge in [0.05, 0.1) is 16.1 Å². The number of aromatic nitrogens is 6. The summed E-state index contributed by atoms with van der Waals surface area (Å²) in [5.74, 6) is 0.160.